The molecule has 1 aliphatic heterocycles. The zero-order valence-electron chi connectivity index (χ0n) is 14.4. The number of rotatable bonds is 3. The maximum absolute atomic E-state index is 12.7. The van der Waals surface area contributed by atoms with Gasteiger partial charge in [0.25, 0.3) is 5.91 Å². The van der Waals surface area contributed by atoms with Gasteiger partial charge >= 0.3 is 0 Å². The molecule has 1 fully saturated rings. The number of thiophene rings is 1. The normalized spacial score (nSPS) is 16.4. The first-order valence-corrected chi connectivity index (χ1v) is 9.43. The number of carbonyl (C=O) groups is 2. The van der Waals surface area contributed by atoms with Gasteiger partial charge in [-0.25, -0.2) is 0 Å². The van der Waals surface area contributed by atoms with Crippen molar-refractivity contribution in [2.45, 2.75) is 19.4 Å². The van der Waals surface area contributed by atoms with Gasteiger partial charge in [0.15, 0.2) is 0 Å². The molecule has 132 valence electrons. The van der Waals surface area contributed by atoms with Gasteiger partial charge in [0.2, 0.25) is 5.91 Å². The van der Waals surface area contributed by atoms with Crippen LogP contribution in [0.15, 0.2) is 41.1 Å². The average molecular weight is 357 g/mol. The molecule has 3 rings (SSSR count). The molecular formula is C19H23N3O2S. The lowest BCUT2D eigenvalue weighted by atomic mass is 10.0. The summed E-state index contributed by atoms with van der Waals surface area (Å²) in [5, 5.41) is 3.77. The molecular weight excluding hydrogens is 334 g/mol. The standard InChI is InChI=1S/C19H23N3O2S/c1-14-3-5-15(6-4-14)17(20)19(24)22-9-2-8-21(10-11-22)18(23)16-7-12-25-13-16/h3-7,12-13,17H,2,8-11,20H2,1H3. The van der Waals surface area contributed by atoms with Crippen LogP contribution in [0.1, 0.15) is 33.9 Å². The van der Waals surface area contributed by atoms with Crippen LogP contribution in [-0.4, -0.2) is 47.8 Å². The molecule has 0 saturated carbocycles. The van der Waals surface area contributed by atoms with Crippen LogP contribution in [0.5, 0.6) is 0 Å². The Labute approximate surface area is 152 Å². The highest BCUT2D eigenvalue weighted by molar-refractivity contribution is 7.08. The second-order valence-electron chi connectivity index (χ2n) is 6.37. The Kier molecular flexibility index (Phi) is 5.50. The number of nitrogens with two attached hydrogens (primary N) is 1. The third-order valence-corrected chi connectivity index (χ3v) is 5.25. The van der Waals surface area contributed by atoms with Gasteiger partial charge in [0.1, 0.15) is 6.04 Å². The minimum Gasteiger partial charge on any atom is -0.339 e. The third-order valence-electron chi connectivity index (χ3n) is 4.57. The average Bonchev–Trinajstić information content (AvgIpc) is 3.05. The highest BCUT2D eigenvalue weighted by atomic mass is 32.1. The van der Waals surface area contributed by atoms with Gasteiger partial charge in [-0.05, 0) is 30.4 Å². The van der Waals surface area contributed by atoms with E-state index in [1.807, 2.05) is 52.9 Å². The monoisotopic (exact) mass is 357 g/mol. The van der Waals surface area contributed by atoms with Crippen molar-refractivity contribution in [3.8, 4) is 0 Å². The van der Waals surface area contributed by atoms with Crippen molar-refractivity contribution in [1.82, 2.24) is 9.80 Å². The summed E-state index contributed by atoms with van der Waals surface area (Å²) in [6.45, 7) is 4.37. The second-order valence-corrected chi connectivity index (χ2v) is 7.15. The van der Waals surface area contributed by atoms with E-state index in [9.17, 15) is 9.59 Å². The number of nitrogens with zero attached hydrogens (tertiary/aromatic N) is 2. The summed E-state index contributed by atoms with van der Waals surface area (Å²) >= 11 is 1.52. The largest absolute Gasteiger partial charge is 0.339 e. The van der Waals surface area contributed by atoms with E-state index < -0.39 is 6.04 Å². The van der Waals surface area contributed by atoms with Crippen molar-refractivity contribution < 1.29 is 9.59 Å². The molecule has 0 aliphatic carbocycles. The molecule has 2 amide bonds. The number of hydrogen-bond acceptors (Lipinski definition) is 4. The minimum absolute atomic E-state index is 0.0402. The van der Waals surface area contributed by atoms with Gasteiger partial charge in [-0.15, -0.1) is 0 Å². The van der Waals surface area contributed by atoms with Gasteiger partial charge in [-0.2, -0.15) is 11.3 Å². The molecule has 2 N–H and O–H groups in total. The minimum atomic E-state index is -0.653. The van der Waals surface area contributed by atoms with Crippen LogP contribution in [-0.2, 0) is 4.79 Å². The predicted molar refractivity (Wildman–Crippen MR) is 99.5 cm³/mol. The van der Waals surface area contributed by atoms with Gasteiger partial charge in [0, 0.05) is 31.6 Å². The Morgan fingerprint density at radius 1 is 1.04 bits per heavy atom. The number of amides is 2. The van der Waals surface area contributed by atoms with Crippen LogP contribution < -0.4 is 5.73 Å². The summed E-state index contributed by atoms with van der Waals surface area (Å²) in [6, 6.07) is 8.93. The van der Waals surface area contributed by atoms with Gasteiger partial charge < -0.3 is 15.5 Å². The molecule has 6 heteroatoms. The van der Waals surface area contributed by atoms with Crippen molar-refractivity contribution in [1.29, 1.82) is 0 Å². The molecule has 1 aliphatic rings. The number of benzene rings is 1. The SMILES string of the molecule is Cc1ccc(C(N)C(=O)N2CCCN(C(=O)c3ccsc3)CC2)cc1. The quantitative estimate of drug-likeness (QED) is 0.917. The summed E-state index contributed by atoms with van der Waals surface area (Å²) in [5.74, 6) is -0.0351. The Bertz CT molecular complexity index is 728. The van der Waals surface area contributed by atoms with E-state index in [1.165, 1.54) is 11.3 Å². The second kappa shape index (κ2) is 7.80. The van der Waals surface area contributed by atoms with Crippen molar-refractivity contribution in [3.05, 3.63) is 57.8 Å². The fraction of sp³-hybridized carbons (Fsp3) is 0.368. The van der Waals surface area contributed by atoms with E-state index in [4.69, 9.17) is 5.73 Å². The maximum Gasteiger partial charge on any atom is 0.254 e. The molecule has 0 bridgehead atoms. The number of carbonyl (C=O) groups excluding carboxylic acids is 2. The van der Waals surface area contributed by atoms with Crippen LogP contribution in [0.25, 0.3) is 0 Å². The predicted octanol–water partition coefficient (Wildman–Crippen LogP) is 2.43. The first-order valence-electron chi connectivity index (χ1n) is 8.48. The van der Waals surface area contributed by atoms with Crippen LogP contribution in [0.2, 0.25) is 0 Å². The first-order chi connectivity index (χ1) is 12.1. The van der Waals surface area contributed by atoms with E-state index in [1.54, 1.807) is 4.90 Å². The lowest BCUT2D eigenvalue weighted by Crippen LogP contribution is -2.41. The van der Waals surface area contributed by atoms with Crippen LogP contribution in [0.4, 0.5) is 0 Å². The fourth-order valence-electron chi connectivity index (χ4n) is 3.02. The summed E-state index contributed by atoms with van der Waals surface area (Å²) in [7, 11) is 0. The molecule has 1 aromatic heterocycles. The summed E-state index contributed by atoms with van der Waals surface area (Å²) in [4.78, 5) is 28.8. The van der Waals surface area contributed by atoms with Crippen LogP contribution in [0, 0.1) is 6.92 Å². The van der Waals surface area contributed by atoms with Gasteiger partial charge in [-0.3, -0.25) is 9.59 Å². The molecule has 2 heterocycles. The number of hydrogen-bond donors (Lipinski definition) is 1. The van der Waals surface area contributed by atoms with E-state index in [0.717, 1.165) is 23.1 Å². The van der Waals surface area contributed by atoms with Crippen molar-refractivity contribution in [2.24, 2.45) is 5.73 Å². The van der Waals surface area contributed by atoms with Crippen molar-refractivity contribution >= 4 is 23.2 Å². The number of aryl methyl sites for hydroxylation is 1. The Morgan fingerprint density at radius 3 is 2.40 bits per heavy atom. The molecule has 0 spiro atoms. The van der Waals surface area contributed by atoms with Gasteiger partial charge in [0.05, 0.1) is 5.56 Å². The lowest BCUT2D eigenvalue weighted by molar-refractivity contribution is -0.132. The topological polar surface area (TPSA) is 66.6 Å². The van der Waals surface area contributed by atoms with Crippen LogP contribution in [0.3, 0.4) is 0 Å². The van der Waals surface area contributed by atoms with E-state index in [-0.39, 0.29) is 11.8 Å². The summed E-state index contributed by atoms with van der Waals surface area (Å²) in [5.41, 5.74) is 8.86. The molecule has 2 aromatic rings. The van der Waals surface area contributed by atoms with E-state index >= 15 is 0 Å². The maximum atomic E-state index is 12.7. The van der Waals surface area contributed by atoms with Crippen molar-refractivity contribution in [3.63, 3.8) is 0 Å². The smallest absolute Gasteiger partial charge is 0.254 e. The fourth-order valence-corrected chi connectivity index (χ4v) is 3.65. The highest BCUT2D eigenvalue weighted by Gasteiger charge is 2.26. The summed E-state index contributed by atoms with van der Waals surface area (Å²) in [6.07, 6.45) is 0.766. The molecule has 0 radical (unpaired) electrons. The molecule has 1 unspecified atom stereocenters. The summed E-state index contributed by atoms with van der Waals surface area (Å²) < 4.78 is 0. The molecule has 1 aromatic carbocycles. The lowest BCUT2D eigenvalue weighted by Gasteiger charge is -2.25. The Balaban J connectivity index is 1.63. The van der Waals surface area contributed by atoms with Gasteiger partial charge in [-0.1, -0.05) is 29.8 Å². The van der Waals surface area contributed by atoms with Crippen molar-refractivity contribution in [2.75, 3.05) is 26.2 Å². The zero-order valence-corrected chi connectivity index (χ0v) is 15.2. The molecule has 25 heavy (non-hydrogen) atoms. The van der Waals surface area contributed by atoms with Crippen LogP contribution >= 0.6 is 11.3 Å². The molecule has 1 saturated heterocycles. The zero-order chi connectivity index (χ0) is 17.8. The van der Waals surface area contributed by atoms with E-state index in [0.29, 0.717) is 26.2 Å². The van der Waals surface area contributed by atoms with E-state index in [2.05, 4.69) is 0 Å². The highest BCUT2D eigenvalue weighted by Crippen LogP contribution is 2.17. The Hall–Kier alpha value is -2.18. The first kappa shape index (κ1) is 17.6. The molecule has 5 nitrogen and oxygen atoms in total. The molecule has 1 atom stereocenters. The Morgan fingerprint density at radius 2 is 1.72 bits per heavy atom. The third kappa shape index (κ3) is 4.08.